The number of hydrogen-bond donors (Lipinski definition) is 1. The largest absolute Gasteiger partial charge is 0.303 e. The van der Waals surface area contributed by atoms with Gasteiger partial charge in [0.05, 0.1) is 0 Å². The van der Waals surface area contributed by atoms with Gasteiger partial charge in [0.2, 0.25) is 0 Å². The summed E-state index contributed by atoms with van der Waals surface area (Å²) in [5.41, 5.74) is 1.64. The van der Waals surface area contributed by atoms with Gasteiger partial charge in [-0.3, -0.25) is 4.90 Å². The molecular formula is C16H31N3. The Morgan fingerprint density at radius 3 is 2.63 bits per heavy atom. The molecular weight excluding hydrogens is 234 g/mol. The maximum Gasteiger partial charge on any atom is 0.0484 e. The quantitative estimate of drug-likeness (QED) is 0.744. The number of hydrogen-bond acceptors (Lipinski definition) is 3. The van der Waals surface area contributed by atoms with Crippen molar-refractivity contribution in [1.29, 1.82) is 0 Å². The fourth-order valence-electron chi connectivity index (χ4n) is 3.34. The maximum atomic E-state index is 3.42. The van der Waals surface area contributed by atoms with E-state index in [-0.39, 0.29) is 0 Å². The van der Waals surface area contributed by atoms with Crippen molar-refractivity contribution < 1.29 is 0 Å². The lowest BCUT2D eigenvalue weighted by atomic mass is 10.0. The van der Waals surface area contributed by atoms with Crippen molar-refractivity contribution in [3.63, 3.8) is 0 Å². The van der Waals surface area contributed by atoms with Crippen molar-refractivity contribution >= 4 is 0 Å². The van der Waals surface area contributed by atoms with Gasteiger partial charge in [0.25, 0.3) is 0 Å². The number of nitrogens with zero attached hydrogens (tertiary/aromatic N) is 2. The fraction of sp³-hybridized carbons (Fsp3) is 0.875. The SMILES string of the molecule is CC/C=C(\CC(C)N1CCCCC1)CN1CCNC1. The van der Waals surface area contributed by atoms with Crippen LogP contribution in [0.25, 0.3) is 0 Å². The topological polar surface area (TPSA) is 18.5 Å². The molecule has 0 aromatic heterocycles. The molecule has 0 aromatic carbocycles. The van der Waals surface area contributed by atoms with Crippen LogP contribution < -0.4 is 5.32 Å². The lowest BCUT2D eigenvalue weighted by molar-refractivity contribution is 0.171. The van der Waals surface area contributed by atoms with Gasteiger partial charge < -0.3 is 10.2 Å². The summed E-state index contributed by atoms with van der Waals surface area (Å²) >= 11 is 0. The molecule has 0 aliphatic carbocycles. The fourth-order valence-corrected chi connectivity index (χ4v) is 3.34. The molecule has 2 rings (SSSR count). The highest BCUT2D eigenvalue weighted by Crippen LogP contribution is 2.18. The molecule has 0 spiro atoms. The minimum atomic E-state index is 0.716. The number of piperidine rings is 1. The van der Waals surface area contributed by atoms with Crippen molar-refractivity contribution in [1.82, 2.24) is 15.1 Å². The van der Waals surface area contributed by atoms with E-state index in [1.807, 2.05) is 0 Å². The molecule has 0 aromatic rings. The van der Waals surface area contributed by atoms with Crippen LogP contribution >= 0.6 is 0 Å². The van der Waals surface area contributed by atoms with Gasteiger partial charge in [0, 0.05) is 32.3 Å². The van der Waals surface area contributed by atoms with Crippen LogP contribution in [0, 0.1) is 0 Å². The summed E-state index contributed by atoms with van der Waals surface area (Å²) in [4.78, 5) is 5.22. The van der Waals surface area contributed by atoms with Crippen molar-refractivity contribution in [2.45, 2.75) is 52.0 Å². The van der Waals surface area contributed by atoms with Crippen molar-refractivity contribution in [3.8, 4) is 0 Å². The zero-order valence-electron chi connectivity index (χ0n) is 12.8. The van der Waals surface area contributed by atoms with Gasteiger partial charge in [-0.2, -0.15) is 0 Å². The molecule has 0 saturated carbocycles. The normalized spacial score (nSPS) is 24.8. The van der Waals surface area contributed by atoms with Crippen molar-refractivity contribution in [2.24, 2.45) is 0 Å². The lowest BCUT2D eigenvalue weighted by Gasteiger charge is -2.33. The van der Waals surface area contributed by atoms with E-state index in [4.69, 9.17) is 0 Å². The zero-order valence-corrected chi connectivity index (χ0v) is 12.8. The maximum absolute atomic E-state index is 3.42. The first-order valence-corrected chi connectivity index (χ1v) is 8.14. The van der Waals surface area contributed by atoms with Gasteiger partial charge in [-0.25, -0.2) is 0 Å². The van der Waals surface area contributed by atoms with Crippen LogP contribution in [0.5, 0.6) is 0 Å². The average Bonchev–Trinajstić information content (AvgIpc) is 2.93. The number of allylic oxidation sites excluding steroid dienone is 1. The molecule has 2 aliphatic rings. The van der Waals surface area contributed by atoms with E-state index in [2.05, 4.69) is 35.0 Å². The van der Waals surface area contributed by atoms with E-state index in [1.165, 1.54) is 58.3 Å². The highest BCUT2D eigenvalue weighted by molar-refractivity contribution is 5.07. The molecule has 0 amide bonds. The van der Waals surface area contributed by atoms with Crippen molar-refractivity contribution in [3.05, 3.63) is 11.6 Å². The predicted molar refractivity (Wildman–Crippen MR) is 82.3 cm³/mol. The zero-order chi connectivity index (χ0) is 13.5. The molecule has 2 heterocycles. The first-order valence-electron chi connectivity index (χ1n) is 8.14. The summed E-state index contributed by atoms with van der Waals surface area (Å²) < 4.78 is 0. The molecule has 2 fully saturated rings. The molecule has 2 saturated heterocycles. The first kappa shape index (κ1) is 15.0. The van der Waals surface area contributed by atoms with Crippen LogP contribution in [0.4, 0.5) is 0 Å². The smallest absolute Gasteiger partial charge is 0.0484 e. The summed E-state index contributed by atoms with van der Waals surface area (Å²) in [5.74, 6) is 0. The summed E-state index contributed by atoms with van der Waals surface area (Å²) in [5, 5.41) is 3.42. The third-order valence-electron chi connectivity index (χ3n) is 4.43. The molecule has 110 valence electrons. The summed E-state index contributed by atoms with van der Waals surface area (Å²) in [6, 6.07) is 0.716. The minimum Gasteiger partial charge on any atom is -0.303 e. The van der Waals surface area contributed by atoms with Crippen LogP contribution in [0.3, 0.4) is 0 Å². The monoisotopic (exact) mass is 265 g/mol. The van der Waals surface area contributed by atoms with Crippen LogP contribution in [0.1, 0.15) is 46.0 Å². The molecule has 1 atom stereocenters. The van der Waals surface area contributed by atoms with E-state index >= 15 is 0 Å². The summed E-state index contributed by atoms with van der Waals surface area (Å²) in [6.45, 7) is 11.9. The predicted octanol–water partition coefficient (Wildman–Crippen LogP) is 2.45. The van der Waals surface area contributed by atoms with Gasteiger partial charge in [-0.1, -0.05) is 25.0 Å². The second kappa shape index (κ2) is 8.03. The highest BCUT2D eigenvalue weighted by atomic mass is 15.3. The van der Waals surface area contributed by atoms with Gasteiger partial charge in [-0.05, 0) is 45.7 Å². The average molecular weight is 265 g/mol. The second-order valence-electron chi connectivity index (χ2n) is 6.13. The first-order chi connectivity index (χ1) is 9.29. The van der Waals surface area contributed by atoms with Crippen LogP contribution in [0.2, 0.25) is 0 Å². The van der Waals surface area contributed by atoms with Gasteiger partial charge in [0.15, 0.2) is 0 Å². The van der Waals surface area contributed by atoms with Crippen molar-refractivity contribution in [2.75, 3.05) is 39.4 Å². The molecule has 0 bridgehead atoms. The Hall–Kier alpha value is -0.380. The number of likely N-dealkylation sites (tertiary alicyclic amines) is 1. The van der Waals surface area contributed by atoms with Crippen LogP contribution in [0.15, 0.2) is 11.6 Å². The second-order valence-corrected chi connectivity index (χ2v) is 6.13. The molecule has 1 N–H and O–H groups in total. The molecule has 19 heavy (non-hydrogen) atoms. The van der Waals surface area contributed by atoms with E-state index in [1.54, 1.807) is 5.57 Å². The summed E-state index contributed by atoms with van der Waals surface area (Å²) in [6.07, 6.45) is 9.10. The third kappa shape index (κ3) is 4.90. The van der Waals surface area contributed by atoms with E-state index < -0.39 is 0 Å². The Bertz CT molecular complexity index is 276. The van der Waals surface area contributed by atoms with E-state index in [9.17, 15) is 0 Å². The van der Waals surface area contributed by atoms with Gasteiger partial charge in [0.1, 0.15) is 0 Å². The van der Waals surface area contributed by atoms with Gasteiger partial charge in [-0.15, -0.1) is 0 Å². The van der Waals surface area contributed by atoms with E-state index in [0.29, 0.717) is 6.04 Å². The van der Waals surface area contributed by atoms with Crippen LogP contribution in [-0.4, -0.2) is 55.2 Å². The number of rotatable bonds is 6. The van der Waals surface area contributed by atoms with E-state index in [0.717, 1.165) is 13.2 Å². The van der Waals surface area contributed by atoms with Gasteiger partial charge >= 0.3 is 0 Å². The standard InChI is InChI=1S/C16H31N3/c1-3-7-16(13-18-11-8-17-14-18)12-15(2)19-9-5-4-6-10-19/h7,15,17H,3-6,8-14H2,1-2H3/b16-7+. The molecule has 0 radical (unpaired) electrons. The molecule has 3 nitrogen and oxygen atoms in total. The molecule has 3 heteroatoms. The lowest BCUT2D eigenvalue weighted by Crippen LogP contribution is -2.38. The Kier molecular flexibility index (Phi) is 6.35. The molecule has 2 aliphatic heterocycles. The summed E-state index contributed by atoms with van der Waals surface area (Å²) in [7, 11) is 0. The minimum absolute atomic E-state index is 0.716. The van der Waals surface area contributed by atoms with Crippen LogP contribution in [-0.2, 0) is 0 Å². The Labute approximate surface area is 119 Å². The third-order valence-corrected chi connectivity index (χ3v) is 4.43. The Morgan fingerprint density at radius 2 is 2.00 bits per heavy atom. The Morgan fingerprint density at radius 1 is 1.21 bits per heavy atom. The number of nitrogens with one attached hydrogen (secondary N) is 1. The molecule has 1 unspecified atom stereocenters. The Balaban J connectivity index is 1.82. The highest BCUT2D eigenvalue weighted by Gasteiger charge is 2.19.